The van der Waals surface area contributed by atoms with Gasteiger partial charge >= 0.3 is 0 Å². The second kappa shape index (κ2) is 7.04. The van der Waals surface area contributed by atoms with Gasteiger partial charge in [-0.05, 0) is 44.2 Å². The Morgan fingerprint density at radius 3 is 2.67 bits per heavy atom. The second-order valence-corrected chi connectivity index (χ2v) is 7.06. The van der Waals surface area contributed by atoms with E-state index < -0.39 is 17.5 Å². The number of rotatable bonds is 4. The Balaban J connectivity index is 0.00000208. The zero-order chi connectivity index (χ0) is 16.7. The van der Waals surface area contributed by atoms with Crippen molar-refractivity contribution >= 4 is 29.9 Å². The van der Waals surface area contributed by atoms with Crippen LogP contribution in [0.4, 0.5) is 4.39 Å². The monoisotopic (exact) mass is 378 g/mol. The van der Waals surface area contributed by atoms with E-state index in [4.69, 9.17) is 22.1 Å². The minimum Gasteiger partial charge on any atom is -0.484 e. The third-order valence-corrected chi connectivity index (χ3v) is 5.33. The van der Waals surface area contributed by atoms with Gasteiger partial charge in [-0.2, -0.15) is 0 Å². The normalized spacial score (nSPS) is 31.2. The molecule has 0 aliphatic heterocycles. The van der Waals surface area contributed by atoms with Gasteiger partial charge in [0.05, 0.1) is 16.7 Å². The molecule has 0 saturated heterocycles. The lowest BCUT2D eigenvalue weighted by Gasteiger charge is -2.54. The Morgan fingerprint density at radius 1 is 1.42 bits per heavy atom. The fraction of sp³-hybridized carbons (Fsp3) is 0.562. The molecule has 2 bridgehead atoms. The first kappa shape index (κ1) is 19.2. The summed E-state index contributed by atoms with van der Waals surface area (Å²) in [6.07, 6.45) is 2.74. The van der Waals surface area contributed by atoms with Crippen LogP contribution in [0.25, 0.3) is 0 Å². The number of nitrogens with one attached hydrogen (secondary N) is 1. The minimum absolute atomic E-state index is 0. The molecule has 3 saturated carbocycles. The van der Waals surface area contributed by atoms with E-state index in [-0.39, 0.29) is 41.2 Å². The summed E-state index contributed by atoms with van der Waals surface area (Å²) in [4.78, 5) is 12.1. The van der Waals surface area contributed by atoms with E-state index in [1.165, 1.54) is 12.1 Å². The molecule has 5 nitrogen and oxygen atoms in total. The van der Waals surface area contributed by atoms with Crippen molar-refractivity contribution in [2.75, 3.05) is 6.61 Å². The maximum absolute atomic E-state index is 13.3. The third kappa shape index (κ3) is 3.77. The molecule has 134 valence electrons. The van der Waals surface area contributed by atoms with Crippen LogP contribution in [0.15, 0.2) is 18.2 Å². The predicted octanol–water partition coefficient (Wildman–Crippen LogP) is 2.17. The van der Waals surface area contributed by atoms with Crippen LogP contribution in [0, 0.1) is 5.82 Å². The number of nitrogens with two attached hydrogens (primary N) is 1. The highest BCUT2D eigenvalue weighted by molar-refractivity contribution is 6.30. The van der Waals surface area contributed by atoms with Gasteiger partial charge in [0.2, 0.25) is 0 Å². The van der Waals surface area contributed by atoms with Gasteiger partial charge in [0.1, 0.15) is 11.6 Å². The van der Waals surface area contributed by atoms with E-state index in [0.29, 0.717) is 19.3 Å². The van der Waals surface area contributed by atoms with E-state index in [0.717, 1.165) is 18.9 Å². The lowest BCUT2D eigenvalue weighted by molar-refractivity contribution is -0.131. The molecule has 1 unspecified atom stereocenters. The maximum atomic E-state index is 13.3. The molecule has 1 atom stereocenters. The number of hydrogen-bond donors (Lipinski definition) is 3. The highest BCUT2D eigenvalue weighted by Crippen LogP contribution is 2.45. The van der Waals surface area contributed by atoms with Crippen molar-refractivity contribution in [2.45, 2.75) is 49.3 Å². The van der Waals surface area contributed by atoms with E-state index in [1.54, 1.807) is 0 Å². The fourth-order valence-electron chi connectivity index (χ4n) is 3.55. The number of aliphatic hydroxyl groups excluding tert-OH is 1. The van der Waals surface area contributed by atoms with Crippen LogP contribution >= 0.6 is 24.0 Å². The molecule has 1 aromatic rings. The fourth-order valence-corrected chi connectivity index (χ4v) is 3.67. The first-order chi connectivity index (χ1) is 10.8. The van der Waals surface area contributed by atoms with Gasteiger partial charge in [-0.25, -0.2) is 4.39 Å². The van der Waals surface area contributed by atoms with Crippen molar-refractivity contribution < 1.29 is 19.0 Å². The second-order valence-electron chi connectivity index (χ2n) is 6.65. The Morgan fingerprint density at radius 2 is 2.08 bits per heavy atom. The molecule has 0 spiro atoms. The van der Waals surface area contributed by atoms with E-state index in [2.05, 4.69) is 5.32 Å². The summed E-state index contributed by atoms with van der Waals surface area (Å²) < 4.78 is 18.6. The molecule has 3 fully saturated rings. The Labute approximate surface area is 151 Å². The quantitative estimate of drug-likeness (QED) is 0.749. The number of carbonyl (C=O) groups is 1. The summed E-state index contributed by atoms with van der Waals surface area (Å²) in [6.45, 7) is -0.247. The number of ether oxygens (including phenoxy) is 1. The smallest absolute Gasteiger partial charge is 0.258 e. The highest BCUT2D eigenvalue weighted by atomic mass is 35.5. The number of aliphatic hydroxyl groups is 1. The summed E-state index contributed by atoms with van der Waals surface area (Å²) in [5.74, 6) is -0.711. The first-order valence-electron chi connectivity index (χ1n) is 7.68. The molecule has 3 aliphatic rings. The molecule has 0 radical (unpaired) electrons. The molecule has 4 rings (SSSR count). The van der Waals surface area contributed by atoms with Gasteiger partial charge in [-0.3, -0.25) is 4.79 Å². The molecule has 8 heteroatoms. The summed E-state index contributed by atoms with van der Waals surface area (Å²) in [5.41, 5.74) is 5.27. The molecule has 0 aromatic heterocycles. The largest absolute Gasteiger partial charge is 0.484 e. The average Bonchev–Trinajstić information content (AvgIpc) is 2.50. The zero-order valence-electron chi connectivity index (χ0n) is 13.1. The molecule has 4 N–H and O–H groups in total. The van der Waals surface area contributed by atoms with Crippen LogP contribution in [-0.4, -0.2) is 34.8 Å². The van der Waals surface area contributed by atoms with Crippen LogP contribution in [0.3, 0.4) is 0 Å². The van der Waals surface area contributed by atoms with Crippen LogP contribution in [-0.2, 0) is 4.79 Å². The van der Waals surface area contributed by atoms with Gasteiger partial charge in [-0.1, -0.05) is 11.6 Å². The standard InChI is InChI=1S/C16H20ClFN2O3.ClH/c17-11-2-1-10(7-12(11)18)23-9-14(22)20-16-5-3-15(19,4-6-16)8-13(16)21;/h1-2,7,13,21H,3-6,8-9,19H2,(H,20,22);1H. The van der Waals surface area contributed by atoms with Crippen molar-refractivity contribution in [2.24, 2.45) is 5.73 Å². The first-order valence-corrected chi connectivity index (χ1v) is 8.06. The molecule has 0 heterocycles. The number of halogens is 3. The van der Waals surface area contributed by atoms with Crippen molar-refractivity contribution in [3.63, 3.8) is 0 Å². The molecule has 3 aliphatic carbocycles. The molecule has 1 amide bonds. The Bertz CT molecular complexity index is 621. The maximum Gasteiger partial charge on any atom is 0.258 e. The summed E-state index contributed by atoms with van der Waals surface area (Å²) >= 11 is 5.59. The van der Waals surface area contributed by atoms with Crippen molar-refractivity contribution in [1.82, 2.24) is 5.32 Å². The number of amides is 1. The molecule has 24 heavy (non-hydrogen) atoms. The lowest BCUT2D eigenvalue weighted by Crippen LogP contribution is -2.69. The topological polar surface area (TPSA) is 84.6 Å². The number of fused-ring (bicyclic) bond motifs is 3. The number of hydrogen-bond acceptors (Lipinski definition) is 4. The molecular formula is C16H21Cl2FN2O3. The van der Waals surface area contributed by atoms with E-state index >= 15 is 0 Å². The van der Waals surface area contributed by atoms with Crippen LogP contribution < -0.4 is 15.8 Å². The summed E-state index contributed by atoms with van der Waals surface area (Å²) in [7, 11) is 0. The van der Waals surface area contributed by atoms with E-state index in [1.807, 2.05) is 0 Å². The number of carbonyl (C=O) groups excluding carboxylic acids is 1. The summed E-state index contributed by atoms with van der Waals surface area (Å²) in [5, 5.41) is 13.2. The van der Waals surface area contributed by atoms with Gasteiger partial charge in [0.15, 0.2) is 6.61 Å². The Hall–Kier alpha value is -1.08. The van der Waals surface area contributed by atoms with Gasteiger partial charge < -0.3 is 20.9 Å². The van der Waals surface area contributed by atoms with Crippen LogP contribution in [0.2, 0.25) is 5.02 Å². The van der Waals surface area contributed by atoms with Crippen molar-refractivity contribution in [1.29, 1.82) is 0 Å². The third-order valence-electron chi connectivity index (χ3n) is 5.03. The van der Waals surface area contributed by atoms with E-state index in [9.17, 15) is 14.3 Å². The minimum atomic E-state index is -0.646. The molecular weight excluding hydrogens is 358 g/mol. The highest BCUT2D eigenvalue weighted by Gasteiger charge is 2.53. The average molecular weight is 379 g/mol. The SMILES string of the molecule is Cl.NC12CCC(NC(=O)COc3ccc(Cl)c(F)c3)(CC1)C(O)C2. The van der Waals surface area contributed by atoms with Gasteiger partial charge in [0, 0.05) is 11.6 Å². The molecule has 1 aromatic carbocycles. The predicted molar refractivity (Wildman–Crippen MR) is 91.0 cm³/mol. The van der Waals surface area contributed by atoms with Crippen LogP contribution in [0.5, 0.6) is 5.75 Å². The van der Waals surface area contributed by atoms with Gasteiger partial charge in [-0.15, -0.1) is 12.4 Å². The van der Waals surface area contributed by atoms with Gasteiger partial charge in [0.25, 0.3) is 5.91 Å². The number of benzene rings is 1. The lowest BCUT2D eigenvalue weighted by atomic mass is 9.60. The summed E-state index contributed by atoms with van der Waals surface area (Å²) in [6, 6.07) is 4.00. The zero-order valence-corrected chi connectivity index (χ0v) is 14.6. The van der Waals surface area contributed by atoms with Crippen molar-refractivity contribution in [3.8, 4) is 5.75 Å². The van der Waals surface area contributed by atoms with Crippen molar-refractivity contribution in [3.05, 3.63) is 29.0 Å². The van der Waals surface area contributed by atoms with Crippen LogP contribution in [0.1, 0.15) is 32.1 Å². The Kier molecular flexibility index (Phi) is 5.64.